The summed E-state index contributed by atoms with van der Waals surface area (Å²) in [5.41, 5.74) is -0.471. The second-order valence-electron chi connectivity index (χ2n) is 4.59. The van der Waals surface area contributed by atoms with E-state index in [1.165, 1.54) is 21.3 Å². The second-order valence-corrected chi connectivity index (χ2v) is 5.00. The van der Waals surface area contributed by atoms with Gasteiger partial charge in [-0.2, -0.15) is 13.2 Å². The first kappa shape index (κ1) is 18.0. The van der Waals surface area contributed by atoms with E-state index in [1.807, 2.05) is 0 Å². The minimum atomic E-state index is -4.51. The summed E-state index contributed by atoms with van der Waals surface area (Å²) in [6, 6.07) is 3.96. The van der Waals surface area contributed by atoms with E-state index in [-0.39, 0.29) is 10.8 Å². The first-order valence-corrected chi connectivity index (χ1v) is 6.97. The van der Waals surface area contributed by atoms with Crippen LogP contribution in [0.1, 0.15) is 5.56 Å². The van der Waals surface area contributed by atoms with Crippen LogP contribution in [0.15, 0.2) is 24.4 Å². The van der Waals surface area contributed by atoms with Crippen LogP contribution in [0.2, 0.25) is 5.02 Å². The molecule has 0 aliphatic rings. The summed E-state index contributed by atoms with van der Waals surface area (Å²) >= 11 is 5.88. The SMILES string of the molecule is COc1cc(Nc2ncc(C(F)(F)F)cc2Cl)cc(OC)c1OC. The molecule has 1 N–H and O–H groups in total. The van der Waals surface area contributed by atoms with Gasteiger partial charge in [0.1, 0.15) is 5.82 Å². The van der Waals surface area contributed by atoms with Crippen molar-refractivity contribution < 1.29 is 27.4 Å². The highest BCUT2D eigenvalue weighted by atomic mass is 35.5. The number of nitrogens with zero attached hydrogens (tertiary/aromatic N) is 1. The zero-order valence-electron chi connectivity index (χ0n) is 13.0. The molecule has 1 heterocycles. The van der Waals surface area contributed by atoms with Crippen molar-refractivity contribution in [3.8, 4) is 17.2 Å². The Morgan fingerprint density at radius 2 is 1.58 bits per heavy atom. The summed E-state index contributed by atoms with van der Waals surface area (Å²) in [5, 5.41) is 2.66. The molecule has 5 nitrogen and oxygen atoms in total. The van der Waals surface area contributed by atoms with Gasteiger partial charge < -0.3 is 19.5 Å². The van der Waals surface area contributed by atoms with E-state index in [0.29, 0.717) is 29.1 Å². The van der Waals surface area contributed by atoms with Crippen LogP contribution in [0.5, 0.6) is 17.2 Å². The number of hydrogen-bond acceptors (Lipinski definition) is 5. The molecule has 0 atom stereocenters. The zero-order chi connectivity index (χ0) is 17.9. The Balaban J connectivity index is 2.38. The third kappa shape index (κ3) is 3.76. The van der Waals surface area contributed by atoms with Gasteiger partial charge in [-0.25, -0.2) is 4.98 Å². The van der Waals surface area contributed by atoms with Crippen LogP contribution in [0, 0.1) is 0 Å². The zero-order valence-corrected chi connectivity index (χ0v) is 13.7. The number of nitrogens with one attached hydrogen (secondary N) is 1. The highest BCUT2D eigenvalue weighted by Crippen LogP contribution is 2.41. The van der Waals surface area contributed by atoms with Gasteiger partial charge in [0.25, 0.3) is 0 Å². The lowest BCUT2D eigenvalue weighted by molar-refractivity contribution is -0.137. The van der Waals surface area contributed by atoms with Gasteiger partial charge in [-0.05, 0) is 6.07 Å². The number of anilines is 2. The van der Waals surface area contributed by atoms with Crippen LogP contribution in [0.4, 0.5) is 24.7 Å². The third-order valence-corrected chi connectivity index (χ3v) is 3.38. The number of aromatic nitrogens is 1. The molecule has 9 heteroatoms. The van der Waals surface area contributed by atoms with Gasteiger partial charge >= 0.3 is 6.18 Å². The normalized spacial score (nSPS) is 11.1. The van der Waals surface area contributed by atoms with Crippen molar-refractivity contribution >= 4 is 23.1 Å². The molecule has 0 bridgehead atoms. The van der Waals surface area contributed by atoms with Crippen molar-refractivity contribution in [1.29, 1.82) is 0 Å². The average Bonchev–Trinajstić information content (AvgIpc) is 2.54. The Morgan fingerprint density at radius 3 is 2.00 bits per heavy atom. The Morgan fingerprint density at radius 1 is 1.00 bits per heavy atom. The molecule has 0 radical (unpaired) electrons. The number of rotatable bonds is 5. The Kier molecular flexibility index (Phi) is 5.28. The minimum absolute atomic E-state index is 0.0685. The number of pyridine rings is 1. The number of methoxy groups -OCH3 is 3. The lowest BCUT2D eigenvalue weighted by atomic mass is 10.2. The summed E-state index contributed by atoms with van der Waals surface area (Å²) < 4.78 is 53.5. The number of benzene rings is 1. The molecule has 0 aliphatic heterocycles. The van der Waals surface area contributed by atoms with Gasteiger partial charge in [-0.3, -0.25) is 0 Å². The third-order valence-electron chi connectivity index (χ3n) is 3.10. The summed E-state index contributed by atoms with van der Waals surface area (Å²) in [7, 11) is 4.36. The van der Waals surface area contributed by atoms with Gasteiger partial charge in [0.05, 0.1) is 31.9 Å². The quantitative estimate of drug-likeness (QED) is 0.847. The lowest BCUT2D eigenvalue weighted by Crippen LogP contribution is -2.06. The average molecular weight is 363 g/mol. The van der Waals surface area contributed by atoms with Crippen LogP contribution in [0.3, 0.4) is 0 Å². The molecule has 1 aromatic heterocycles. The molecular weight excluding hydrogens is 349 g/mol. The fourth-order valence-electron chi connectivity index (χ4n) is 1.97. The van der Waals surface area contributed by atoms with E-state index < -0.39 is 11.7 Å². The van der Waals surface area contributed by atoms with Gasteiger partial charge in [0.15, 0.2) is 11.5 Å². The van der Waals surface area contributed by atoms with E-state index in [2.05, 4.69) is 10.3 Å². The van der Waals surface area contributed by atoms with Crippen molar-refractivity contribution in [3.05, 3.63) is 35.0 Å². The summed E-state index contributed by atoms with van der Waals surface area (Å²) in [6.45, 7) is 0. The molecule has 130 valence electrons. The van der Waals surface area contributed by atoms with E-state index in [9.17, 15) is 13.2 Å². The lowest BCUT2D eigenvalue weighted by Gasteiger charge is -2.15. The van der Waals surface area contributed by atoms with Crippen LogP contribution >= 0.6 is 11.6 Å². The van der Waals surface area contributed by atoms with E-state index in [4.69, 9.17) is 25.8 Å². The van der Waals surface area contributed by atoms with Crippen molar-refractivity contribution in [2.75, 3.05) is 26.6 Å². The maximum atomic E-state index is 12.6. The van der Waals surface area contributed by atoms with Crippen molar-refractivity contribution in [3.63, 3.8) is 0 Å². The number of alkyl halides is 3. The van der Waals surface area contributed by atoms with Gasteiger partial charge in [0.2, 0.25) is 5.75 Å². The molecule has 0 amide bonds. The second kappa shape index (κ2) is 7.04. The molecule has 2 rings (SSSR count). The molecule has 0 fully saturated rings. The maximum absolute atomic E-state index is 12.6. The standard InChI is InChI=1S/C15H14ClF3N2O3/c1-22-11-5-9(6-12(23-2)13(11)24-3)21-14-10(16)4-8(7-20-14)15(17,18)19/h4-7H,1-3H3,(H,20,21). The summed E-state index contributed by atoms with van der Waals surface area (Å²) in [5.74, 6) is 1.21. The van der Waals surface area contributed by atoms with Gasteiger partial charge in [0, 0.05) is 24.0 Å². The number of halogens is 4. The molecule has 0 saturated heterocycles. The van der Waals surface area contributed by atoms with E-state index in [1.54, 1.807) is 12.1 Å². The van der Waals surface area contributed by atoms with Crippen molar-refractivity contribution in [2.24, 2.45) is 0 Å². The largest absolute Gasteiger partial charge is 0.493 e. The predicted molar refractivity (Wildman–Crippen MR) is 83.6 cm³/mol. The smallest absolute Gasteiger partial charge is 0.417 e. The molecule has 0 saturated carbocycles. The van der Waals surface area contributed by atoms with E-state index in [0.717, 1.165) is 6.07 Å². The topological polar surface area (TPSA) is 52.6 Å². The Labute approximate surface area is 141 Å². The number of hydrogen-bond donors (Lipinski definition) is 1. The maximum Gasteiger partial charge on any atom is 0.417 e. The monoisotopic (exact) mass is 362 g/mol. The van der Waals surface area contributed by atoms with Crippen molar-refractivity contribution in [2.45, 2.75) is 6.18 Å². The minimum Gasteiger partial charge on any atom is -0.493 e. The van der Waals surface area contributed by atoms with Crippen LogP contribution in [-0.2, 0) is 6.18 Å². The molecule has 24 heavy (non-hydrogen) atoms. The fourth-order valence-corrected chi connectivity index (χ4v) is 2.19. The predicted octanol–water partition coefficient (Wildman–Crippen LogP) is 4.52. The van der Waals surface area contributed by atoms with Gasteiger partial charge in [-0.15, -0.1) is 0 Å². The first-order chi connectivity index (χ1) is 11.3. The molecule has 2 aromatic rings. The van der Waals surface area contributed by atoms with Crippen LogP contribution in [-0.4, -0.2) is 26.3 Å². The molecule has 0 spiro atoms. The Bertz CT molecular complexity index is 713. The van der Waals surface area contributed by atoms with Crippen LogP contribution < -0.4 is 19.5 Å². The fraction of sp³-hybridized carbons (Fsp3) is 0.267. The van der Waals surface area contributed by atoms with E-state index >= 15 is 0 Å². The number of ether oxygens (including phenoxy) is 3. The highest BCUT2D eigenvalue weighted by molar-refractivity contribution is 6.33. The molecule has 0 aliphatic carbocycles. The summed E-state index contributed by atoms with van der Waals surface area (Å²) in [6.07, 6.45) is -3.81. The molecular formula is C15H14ClF3N2O3. The highest BCUT2D eigenvalue weighted by Gasteiger charge is 2.31. The first-order valence-electron chi connectivity index (χ1n) is 6.60. The summed E-state index contributed by atoms with van der Waals surface area (Å²) in [4.78, 5) is 3.72. The molecule has 0 unspecified atom stereocenters. The van der Waals surface area contributed by atoms with Gasteiger partial charge in [-0.1, -0.05) is 11.6 Å². The van der Waals surface area contributed by atoms with Crippen molar-refractivity contribution in [1.82, 2.24) is 4.98 Å². The molecule has 1 aromatic carbocycles. The van der Waals surface area contributed by atoms with Crippen LogP contribution in [0.25, 0.3) is 0 Å². The Hall–Kier alpha value is -2.35.